The van der Waals surface area contributed by atoms with E-state index in [1.54, 1.807) is 6.92 Å². The van der Waals surface area contributed by atoms with Gasteiger partial charge in [0, 0.05) is 30.5 Å². The molecule has 0 atom stereocenters. The van der Waals surface area contributed by atoms with Crippen LogP contribution >= 0.6 is 0 Å². The smallest absolute Gasteiger partial charge is 0.333 e. The van der Waals surface area contributed by atoms with Crippen LogP contribution in [0.5, 0.6) is 0 Å². The molecule has 1 rings (SSSR count). The number of aryl methyl sites for hydroxylation is 1. The van der Waals surface area contributed by atoms with Gasteiger partial charge in [-0.05, 0) is 18.9 Å². The van der Waals surface area contributed by atoms with Crippen LogP contribution in [0.15, 0.2) is 36.7 Å². The Hall–Kier alpha value is -1.64. The molecule has 146 valence electrons. The first-order valence-corrected chi connectivity index (χ1v) is 10.4. The van der Waals surface area contributed by atoms with Gasteiger partial charge in [0.25, 0.3) is 0 Å². The summed E-state index contributed by atoms with van der Waals surface area (Å²) in [6.07, 6.45) is 18.7. The monoisotopic (exact) mass is 360 g/mol. The van der Waals surface area contributed by atoms with Crippen molar-refractivity contribution in [3.63, 3.8) is 0 Å². The topological polar surface area (TPSA) is 30.2 Å². The molecular formula is C23H38NO2+. The molecule has 0 bridgehead atoms. The van der Waals surface area contributed by atoms with Gasteiger partial charge in [-0.25, -0.2) is 9.36 Å². The van der Waals surface area contributed by atoms with E-state index in [0.717, 1.165) is 13.0 Å². The highest BCUT2D eigenvalue weighted by atomic mass is 16.5. The van der Waals surface area contributed by atoms with Gasteiger partial charge in [-0.15, -0.1) is 0 Å². The zero-order chi connectivity index (χ0) is 19.0. The zero-order valence-electron chi connectivity index (χ0n) is 17.0. The van der Waals surface area contributed by atoms with Crippen molar-refractivity contribution in [2.75, 3.05) is 6.61 Å². The second kappa shape index (κ2) is 14.5. The molecule has 0 saturated carbocycles. The Morgan fingerprint density at radius 3 is 2.04 bits per heavy atom. The van der Waals surface area contributed by atoms with Gasteiger partial charge in [-0.3, -0.25) is 0 Å². The lowest BCUT2D eigenvalue weighted by Crippen LogP contribution is -2.32. The van der Waals surface area contributed by atoms with Crippen LogP contribution in [0.3, 0.4) is 0 Å². The molecule has 0 radical (unpaired) electrons. The van der Waals surface area contributed by atoms with E-state index >= 15 is 0 Å². The predicted molar refractivity (Wildman–Crippen MR) is 108 cm³/mol. The molecule has 1 heterocycles. The summed E-state index contributed by atoms with van der Waals surface area (Å²) in [6, 6.07) is 4.23. The lowest BCUT2D eigenvalue weighted by Gasteiger charge is -2.04. The predicted octanol–water partition coefficient (Wildman–Crippen LogP) is 5.56. The lowest BCUT2D eigenvalue weighted by molar-refractivity contribution is -0.697. The third-order valence-corrected chi connectivity index (χ3v) is 4.70. The maximum atomic E-state index is 11.3. The first-order chi connectivity index (χ1) is 12.6. The highest BCUT2D eigenvalue weighted by Gasteiger charge is 2.04. The van der Waals surface area contributed by atoms with Crippen molar-refractivity contribution in [1.82, 2.24) is 0 Å². The highest BCUT2D eigenvalue weighted by Crippen LogP contribution is 2.10. The Bertz CT molecular complexity index is 507. The van der Waals surface area contributed by atoms with Crippen molar-refractivity contribution in [2.45, 2.75) is 91.0 Å². The SMILES string of the molecule is C=C(C)C(=O)OCCc1cc[n+](CCCCCCCCCCCC)cc1. The van der Waals surface area contributed by atoms with Crippen molar-refractivity contribution in [1.29, 1.82) is 0 Å². The number of carbonyl (C=O) groups is 1. The van der Waals surface area contributed by atoms with E-state index in [0.29, 0.717) is 12.2 Å². The van der Waals surface area contributed by atoms with Crippen LogP contribution in [-0.4, -0.2) is 12.6 Å². The van der Waals surface area contributed by atoms with Gasteiger partial charge < -0.3 is 4.74 Å². The number of esters is 1. The average Bonchev–Trinajstić information content (AvgIpc) is 2.64. The summed E-state index contributed by atoms with van der Waals surface area (Å²) >= 11 is 0. The fourth-order valence-electron chi connectivity index (χ4n) is 2.97. The Labute approximate surface area is 160 Å². The summed E-state index contributed by atoms with van der Waals surface area (Å²) < 4.78 is 7.38. The molecular weight excluding hydrogens is 322 g/mol. The molecule has 0 unspecified atom stereocenters. The second-order valence-corrected chi connectivity index (χ2v) is 7.29. The molecule has 0 aliphatic rings. The lowest BCUT2D eigenvalue weighted by atomic mass is 10.1. The standard InChI is InChI=1S/C23H38NO2/c1-4-5-6-7-8-9-10-11-12-13-17-24-18-14-22(15-19-24)16-20-26-23(25)21(2)3/h14-15,18-19H,2,4-13,16-17,20H2,1,3H3/q+1. The summed E-state index contributed by atoms with van der Waals surface area (Å²) in [5, 5.41) is 0. The van der Waals surface area contributed by atoms with Crippen molar-refractivity contribution < 1.29 is 14.1 Å². The number of hydrogen-bond donors (Lipinski definition) is 0. The zero-order valence-corrected chi connectivity index (χ0v) is 17.0. The van der Waals surface area contributed by atoms with Crippen LogP contribution < -0.4 is 4.57 Å². The quantitative estimate of drug-likeness (QED) is 0.177. The Kier molecular flexibility index (Phi) is 12.5. The summed E-state index contributed by atoms with van der Waals surface area (Å²) in [5.74, 6) is -0.308. The fourth-order valence-corrected chi connectivity index (χ4v) is 2.97. The molecule has 3 heteroatoms. The number of nitrogens with zero attached hydrogens (tertiary/aromatic N) is 1. The van der Waals surface area contributed by atoms with Crippen LogP contribution in [0.2, 0.25) is 0 Å². The number of ether oxygens (including phenoxy) is 1. The molecule has 0 spiro atoms. The molecule has 0 aromatic carbocycles. The van der Waals surface area contributed by atoms with Crippen molar-refractivity contribution >= 4 is 5.97 Å². The molecule has 1 aromatic rings. The molecule has 0 aliphatic heterocycles. The van der Waals surface area contributed by atoms with Crippen molar-refractivity contribution in [3.05, 3.63) is 42.2 Å². The Balaban J connectivity index is 2.04. The van der Waals surface area contributed by atoms with Gasteiger partial charge >= 0.3 is 5.97 Å². The van der Waals surface area contributed by atoms with Gasteiger partial charge in [0.2, 0.25) is 0 Å². The van der Waals surface area contributed by atoms with Gasteiger partial charge in [-0.1, -0.05) is 64.9 Å². The summed E-state index contributed by atoms with van der Waals surface area (Å²) in [5.41, 5.74) is 1.64. The van der Waals surface area contributed by atoms with Crippen LogP contribution in [-0.2, 0) is 22.5 Å². The van der Waals surface area contributed by atoms with E-state index < -0.39 is 0 Å². The molecule has 1 aromatic heterocycles. The van der Waals surface area contributed by atoms with Crippen LogP contribution in [0, 0.1) is 0 Å². The molecule has 0 amide bonds. The van der Waals surface area contributed by atoms with E-state index in [4.69, 9.17) is 4.74 Å². The maximum Gasteiger partial charge on any atom is 0.333 e. The third-order valence-electron chi connectivity index (χ3n) is 4.70. The number of rotatable bonds is 15. The second-order valence-electron chi connectivity index (χ2n) is 7.29. The number of aromatic nitrogens is 1. The van der Waals surface area contributed by atoms with Crippen molar-refractivity contribution in [2.24, 2.45) is 0 Å². The Morgan fingerprint density at radius 1 is 0.962 bits per heavy atom. The molecule has 26 heavy (non-hydrogen) atoms. The molecule has 0 N–H and O–H groups in total. The van der Waals surface area contributed by atoms with E-state index in [2.05, 4.69) is 42.6 Å². The van der Waals surface area contributed by atoms with Crippen LogP contribution in [0.4, 0.5) is 0 Å². The van der Waals surface area contributed by atoms with Gasteiger partial charge in [0.1, 0.15) is 6.54 Å². The van der Waals surface area contributed by atoms with E-state index in [-0.39, 0.29) is 5.97 Å². The number of pyridine rings is 1. The molecule has 3 nitrogen and oxygen atoms in total. The number of carbonyl (C=O) groups excluding carboxylic acids is 1. The average molecular weight is 361 g/mol. The molecule has 0 saturated heterocycles. The summed E-state index contributed by atoms with van der Waals surface area (Å²) in [7, 11) is 0. The summed E-state index contributed by atoms with van der Waals surface area (Å²) in [6.45, 7) is 9.02. The van der Waals surface area contributed by atoms with Crippen molar-refractivity contribution in [3.8, 4) is 0 Å². The molecule has 0 aliphatic carbocycles. The van der Waals surface area contributed by atoms with Gasteiger partial charge in [-0.2, -0.15) is 0 Å². The third kappa shape index (κ3) is 11.1. The molecule has 0 fully saturated rings. The Morgan fingerprint density at radius 2 is 1.50 bits per heavy atom. The van der Waals surface area contributed by atoms with E-state index in [1.807, 2.05) is 0 Å². The first kappa shape index (κ1) is 22.4. The highest BCUT2D eigenvalue weighted by molar-refractivity contribution is 5.86. The maximum absolute atomic E-state index is 11.3. The van der Waals surface area contributed by atoms with Crippen LogP contribution in [0.25, 0.3) is 0 Å². The summed E-state index contributed by atoms with van der Waals surface area (Å²) in [4.78, 5) is 11.3. The normalized spacial score (nSPS) is 10.7. The fraction of sp³-hybridized carbons (Fsp3) is 0.652. The first-order valence-electron chi connectivity index (χ1n) is 10.4. The largest absolute Gasteiger partial charge is 0.462 e. The number of hydrogen-bond acceptors (Lipinski definition) is 2. The minimum absolute atomic E-state index is 0.308. The minimum Gasteiger partial charge on any atom is -0.462 e. The van der Waals surface area contributed by atoms with Gasteiger partial charge in [0.05, 0.1) is 6.61 Å². The van der Waals surface area contributed by atoms with E-state index in [9.17, 15) is 4.79 Å². The van der Waals surface area contributed by atoms with E-state index in [1.165, 1.54) is 69.8 Å². The van der Waals surface area contributed by atoms with Gasteiger partial charge in [0.15, 0.2) is 12.4 Å². The number of unbranched alkanes of at least 4 members (excludes halogenated alkanes) is 9. The minimum atomic E-state index is -0.308. The van der Waals surface area contributed by atoms with Crippen LogP contribution in [0.1, 0.15) is 83.6 Å².